The van der Waals surface area contributed by atoms with Gasteiger partial charge >= 0.3 is 0 Å². The Balaban J connectivity index is 1.31. The van der Waals surface area contributed by atoms with Gasteiger partial charge < -0.3 is 15.4 Å². The van der Waals surface area contributed by atoms with E-state index >= 15 is 0 Å². The molecule has 1 spiro atoms. The number of H-pyrrole nitrogens is 2. The lowest BCUT2D eigenvalue weighted by molar-refractivity contribution is 0.0973. The number of rotatable bonds is 3. The van der Waals surface area contributed by atoms with E-state index in [2.05, 4.69) is 20.1 Å². The van der Waals surface area contributed by atoms with Crippen LogP contribution >= 0.6 is 23.2 Å². The van der Waals surface area contributed by atoms with Crippen molar-refractivity contribution in [2.24, 2.45) is 11.1 Å². The average molecular weight is 489 g/mol. The van der Waals surface area contributed by atoms with Crippen LogP contribution in [0.25, 0.3) is 11.0 Å². The maximum Gasteiger partial charge on any atom is 0.263 e. The number of anilines is 1. The summed E-state index contributed by atoms with van der Waals surface area (Å²) in [4.78, 5) is 23.1. The zero-order valence-electron chi connectivity index (χ0n) is 18.3. The Bertz CT molecular complexity index is 1290. The Labute approximate surface area is 200 Å². The zero-order valence-corrected chi connectivity index (χ0v) is 19.8. The standard InChI is InChI=1S/C23H26Cl2N6O2/c1-12-17(26)22(11-33-12)6-8-31(9-7-22)21-27-19-16(20(32)28-21)18(29-30-19)23(4-5-23)14-3-2-13(24)10-15(14)25/h2-3,10,12,17H,4-9,11,26H2,1H3,(H2,27,28,29,30,32)/t12-,17+/m0/s1. The molecule has 0 amide bonds. The number of benzene rings is 1. The molecule has 0 radical (unpaired) electrons. The first-order valence-electron chi connectivity index (χ1n) is 11.4. The van der Waals surface area contributed by atoms with Crippen LogP contribution in [0.15, 0.2) is 23.0 Å². The molecule has 2 saturated heterocycles. The molecule has 3 aliphatic rings. The summed E-state index contributed by atoms with van der Waals surface area (Å²) in [6.07, 6.45) is 3.63. The first kappa shape index (κ1) is 21.4. The molecule has 0 unspecified atom stereocenters. The molecule has 8 nitrogen and oxygen atoms in total. The Morgan fingerprint density at radius 2 is 1.97 bits per heavy atom. The summed E-state index contributed by atoms with van der Waals surface area (Å²) >= 11 is 12.6. The summed E-state index contributed by atoms with van der Waals surface area (Å²) in [7, 11) is 0. The van der Waals surface area contributed by atoms with Gasteiger partial charge in [0.25, 0.3) is 5.56 Å². The van der Waals surface area contributed by atoms with Gasteiger partial charge in [-0.2, -0.15) is 10.1 Å². The molecule has 1 saturated carbocycles. The van der Waals surface area contributed by atoms with Crippen molar-refractivity contribution in [3.63, 3.8) is 0 Å². The van der Waals surface area contributed by atoms with Crippen LogP contribution < -0.4 is 16.2 Å². The number of hydrogen-bond acceptors (Lipinski definition) is 6. The summed E-state index contributed by atoms with van der Waals surface area (Å²) in [5.74, 6) is 0.562. The van der Waals surface area contributed by atoms with Crippen molar-refractivity contribution in [3.05, 3.63) is 49.9 Å². The number of aromatic amines is 2. The predicted octanol–water partition coefficient (Wildman–Crippen LogP) is 3.37. The van der Waals surface area contributed by atoms with Crippen LogP contribution in [0.5, 0.6) is 0 Å². The van der Waals surface area contributed by atoms with Gasteiger partial charge in [0.05, 0.1) is 18.4 Å². The number of fused-ring (bicyclic) bond motifs is 1. The first-order chi connectivity index (χ1) is 15.8. The zero-order chi connectivity index (χ0) is 23.0. The number of halogens is 2. The molecule has 4 heterocycles. The fraction of sp³-hybridized carbons (Fsp3) is 0.522. The van der Waals surface area contributed by atoms with Crippen LogP contribution in [0, 0.1) is 5.41 Å². The summed E-state index contributed by atoms with van der Waals surface area (Å²) in [6.45, 7) is 4.27. The van der Waals surface area contributed by atoms with Crippen LogP contribution in [0.4, 0.5) is 5.95 Å². The van der Waals surface area contributed by atoms with Gasteiger partial charge in [-0.3, -0.25) is 14.9 Å². The van der Waals surface area contributed by atoms with Gasteiger partial charge in [0, 0.05) is 40.0 Å². The van der Waals surface area contributed by atoms with E-state index in [0.717, 1.165) is 44.3 Å². The van der Waals surface area contributed by atoms with Gasteiger partial charge in [0.2, 0.25) is 5.95 Å². The fourth-order valence-electron chi connectivity index (χ4n) is 5.70. The van der Waals surface area contributed by atoms with Crippen molar-refractivity contribution < 1.29 is 4.74 Å². The lowest BCUT2D eigenvalue weighted by Gasteiger charge is -2.41. The summed E-state index contributed by atoms with van der Waals surface area (Å²) in [5.41, 5.74) is 8.01. The number of nitrogens with two attached hydrogens (primary N) is 1. The van der Waals surface area contributed by atoms with Crippen molar-refractivity contribution in [2.75, 3.05) is 24.6 Å². The van der Waals surface area contributed by atoms with E-state index in [-0.39, 0.29) is 28.5 Å². The van der Waals surface area contributed by atoms with E-state index < -0.39 is 0 Å². The number of aromatic nitrogens is 4. The van der Waals surface area contributed by atoms with Gasteiger partial charge in [0.15, 0.2) is 5.65 Å². The maximum absolute atomic E-state index is 13.2. The third-order valence-corrected chi connectivity index (χ3v) is 8.52. The molecule has 6 rings (SSSR count). The predicted molar refractivity (Wildman–Crippen MR) is 128 cm³/mol. The van der Waals surface area contributed by atoms with E-state index in [1.807, 2.05) is 19.1 Å². The fourth-order valence-corrected chi connectivity index (χ4v) is 6.29. The van der Waals surface area contributed by atoms with Crippen LogP contribution in [-0.4, -0.2) is 52.0 Å². The Hall–Kier alpha value is -2.13. The van der Waals surface area contributed by atoms with E-state index in [1.54, 1.807) is 6.07 Å². The molecule has 2 atom stereocenters. The smallest absolute Gasteiger partial charge is 0.263 e. The highest BCUT2D eigenvalue weighted by atomic mass is 35.5. The molecule has 4 N–H and O–H groups in total. The Morgan fingerprint density at radius 3 is 2.61 bits per heavy atom. The van der Waals surface area contributed by atoms with Gasteiger partial charge in [-0.25, -0.2) is 0 Å². The molecule has 1 aromatic carbocycles. The van der Waals surface area contributed by atoms with Crippen LogP contribution in [0.3, 0.4) is 0 Å². The highest BCUT2D eigenvalue weighted by Crippen LogP contribution is 2.56. The van der Waals surface area contributed by atoms with Crippen molar-refractivity contribution in [1.29, 1.82) is 0 Å². The molecule has 2 aromatic heterocycles. The third kappa shape index (κ3) is 3.22. The Morgan fingerprint density at radius 1 is 1.21 bits per heavy atom. The van der Waals surface area contributed by atoms with E-state index in [4.69, 9.17) is 38.7 Å². The number of nitrogens with zero attached hydrogens (tertiary/aromatic N) is 3. The van der Waals surface area contributed by atoms with Crippen molar-refractivity contribution in [3.8, 4) is 0 Å². The van der Waals surface area contributed by atoms with Crippen molar-refractivity contribution in [1.82, 2.24) is 20.2 Å². The minimum atomic E-state index is -0.386. The SMILES string of the molecule is C[C@@H]1OCC2(CCN(c3nc4[nH]nc(C5(c6ccc(Cl)cc6Cl)CC5)c4c(=O)[nH]3)CC2)[C@@H]1N. The number of piperidine rings is 1. The second-order valence-electron chi connectivity index (χ2n) is 9.78. The highest BCUT2D eigenvalue weighted by Gasteiger charge is 2.51. The second kappa shape index (κ2) is 7.43. The summed E-state index contributed by atoms with van der Waals surface area (Å²) in [6, 6.07) is 5.53. The minimum absolute atomic E-state index is 0.0116. The highest BCUT2D eigenvalue weighted by molar-refractivity contribution is 6.35. The molecule has 3 aromatic rings. The van der Waals surface area contributed by atoms with E-state index in [1.165, 1.54) is 0 Å². The molecule has 1 aliphatic carbocycles. The largest absolute Gasteiger partial charge is 0.376 e. The van der Waals surface area contributed by atoms with Crippen LogP contribution in [-0.2, 0) is 10.2 Å². The Kier molecular flexibility index (Phi) is 4.82. The number of nitrogens with one attached hydrogen (secondary N) is 2. The van der Waals surface area contributed by atoms with Gasteiger partial charge in [0.1, 0.15) is 5.39 Å². The van der Waals surface area contributed by atoms with Gasteiger partial charge in [-0.15, -0.1) is 0 Å². The molecular formula is C23H26Cl2N6O2. The summed E-state index contributed by atoms with van der Waals surface area (Å²) < 4.78 is 5.82. The number of hydrogen-bond donors (Lipinski definition) is 3. The van der Waals surface area contributed by atoms with Gasteiger partial charge in [-0.05, 0) is 50.3 Å². The van der Waals surface area contributed by atoms with Crippen LogP contribution in [0.1, 0.15) is 43.9 Å². The van der Waals surface area contributed by atoms with E-state index in [0.29, 0.717) is 39.3 Å². The molecule has 10 heteroatoms. The molecule has 33 heavy (non-hydrogen) atoms. The lowest BCUT2D eigenvalue weighted by atomic mass is 9.73. The molecule has 0 bridgehead atoms. The quantitative estimate of drug-likeness (QED) is 0.520. The normalized spacial score (nSPS) is 25.8. The number of ether oxygens (including phenoxy) is 1. The molecule has 3 fully saturated rings. The lowest BCUT2D eigenvalue weighted by Crippen LogP contribution is -2.51. The van der Waals surface area contributed by atoms with Gasteiger partial charge in [-0.1, -0.05) is 29.3 Å². The molecule has 174 valence electrons. The molecular weight excluding hydrogens is 463 g/mol. The first-order valence-corrected chi connectivity index (χ1v) is 12.2. The van der Waals surface area contributed by atoms with Crippen LogP contribution in [0.2, 0.25) is 10.0 Å². The maximum atomic E-state index is 13.2. The topological polar surface area (TPSA) is 113 Å². The summed E-state index contributed by atoms with van der Waals surface area (Å²) in [5, 5.41) is 9.21. The van der Waals surface area contributed by atoms with Crippen molar-refractivity contribution >= 4 is 40.2 Å². The average Bonchev–Trinajstić information content (AvgIpc) is 3.40. The van der Waals surface area contributed by atoms with Crippen molar-refractivity contribution in [2.45, 2.75) is 50.2 Å². The molecule has 2 aliphatic heterocycles. The second-order valence-corrected chi connectivity index (χ2v) is 10.6. The van der Waals surface area contributed by atoms with E-state index in [9.17, 15) is 4.79 Å². The monoisotopic (exact) mass is 488 g/mol. The minimum Gasteiger partial charge on any atom is -0.376 e. The third-order valence-electron chi connectivity index (χ3n) is 7.97.